The fraction of sp³-hybridized carbons (Fsp3) is 0.571. The molecule has 0 aliphatic rings. The Morgan fingerprint density at radius 2 is 1.96 bits per heavy atom. The lowest BCUT2D eigenvalue weighted by atomic mass is 9.90. The second-order valence-corrected chi connectivity index (χ2v) is 6.43. The van der Waals surface area contributed by atoms with Crippen LogP contribution in [0.4, 0.5) is 0 Å². The van der Waals surface area contributed by atoms with Gasteiger partial charge in [-0.1, -0.05) is 25.7 Å². The van der Waals surface area contributed by atoms with Gasteiger partial charge in [0.25, 0.3) is 0 Å². The molecule has 142 valence electrons. The number of hydrogen-bond acceptors (Lipinski definition) is 4. The molecule has 0 heterocycles. The van der Waals surface area contributed by atoms with Gasteiger partial charge in [0, 0.05) is 32.8 Å². The summed E-state index contributed by atoms with van der Waals surface area (Å²) in [6.45, 7) is 19.0. The highest BCUT2D eigenvalue weighted by Gasteiger charge is 2.20. The zero-order valence-corrected chi connectivity index (χ0v) is 17.2. The number of hydrogen-bond donors (Lipinski definition) is 1. The third-order valence-corrected chi connectivity index (χ3v) is 4.81. The van der Waals surface area contributed by atoms with Crippen molar-refractivity contribution in [3.05, 3.63) is 47.5 Å². The summed E-state index contributed by atoms with van der Waals surface area (Å²) < 4.78 is 5.70. The number of aliphatic imine (C=N–C) groups is 1. The minimum absolute atomic E-state index is 0.113. The molecule has 2 N–H and O–H groups in total. The molecule has 0 saturated carbocycles. The van der Waals surface area contributed by atoms with Crippen LogP contribution in [0.15, 0.2) is 52.5 Å². The lowest BCUT2D eigenvalue weighted by molar-refractivity contribution is 0.0641. The predicted octanol–water partition coefficient (Wildman–Crippen LogP) is 4.67. The van der Waals surface area contributed by atoms with Crippen molar-refractivity contribution in [2.24, 2.45) is 16.6 Å². The maximum absolute atomic E-state index is 6.45. The summed E-state index contributed by atoms with van der Waals surface area (Å²) in [6, 6.07) is 0. The first-order valence-corrected chi connectivity index (χ1v) is 8.95. The van der Waals surface area contributed by atoms with Crippen molar-refractivity contribution in [1.82, 2.24) is 4.90 Å². The van der Waals surface area contributed by atoms with Gasteiger partial charge in [-0.15, -0.1) is 0 Å². The fourth-order valence-corrected chi connectivity index (χ4v) is 2.68. The largest absolute Gasteiger partial charge is 0.385 e. The van der Waals surface area contributed by atoms with E-state index in [0.717, 1.165) is 47.6 Å². The van der Waals surface area contributed by atoms with E-state index >= 15 is 0 Å². The van der Waals surface area contributed by atoms with E-state index in [0.29, 0.717) is 5.92 Å². The van der Waals surface area contributed by atoms with E-state index in [4.69, 9.17) is 10.5 Å². The molecule has 4 nitrogen and oxygen atoms in total. The molecule has 2 unspecified atom stereocenters. The average Bonchev–Trinajstić information content (AvgIpc) is 2.61. The molecule has 4 heteroatoms. The monoisotopic (exact) mass is 347 g/mol. The summed E-state index contributed by atoms with van der Waals surface area (Å²) in [7, 11) is 3.76. The Morgan fingerprint density at radius 1 is 1.36 bits per heavy atom. The van der Waals surface area contributed by atoms with Gasteiger partial charge in [-0.2, -0.15) is 0 Å². The van der Waals surface area contributed by atoms with Crippen molar-refractivity contribution in [2.75, 3.05) is 20.7 Å². The molecule has 0 rings (SSSR count). The van der Waals surface area contributed by atoms with Crippen molar-refractivity contribution in [2.45, 2.75) is 53.6 Å². The van der Waals surface area contributed by atoms with Gasteiger partial charge < -0.3 is 15.4 Å². The first-order chi connectivity index (χ1) is 11.7. The summed E-state index contributed by atoms with van der Waals surface area (Å²) in [4.78, 5) is 6.48. The summed E-state index contributed by atoms with van der Waals surface area (Å²) in [6.07, 6.45) is 5.35. The van der Waals surface area contributed by atoms with E-state index < -0.39 is 0 Å². The van der Waals surface area contributed by atoms with Gasteiger partial charge in [0.2, 0.25) is 0 Å². The zero-order valence-electron chi connectivity index (χ0n) is 17.2. The number of methoxy groups -OCH3 is 1. The maximum Gasteiger partial charge on any atom is 0.102 e. The van der Waals surface area contributed by atoms with E-state index in [9.17, 15) is 0 Å². The number of ether oxygens (including phenoxy) is 1. The Kier molecular flexibility index (Phi) is 10.8. The van der Waals surface area contributed by atoms with Crippen molar-refractivity contribution >= 4 is 6.21 Å². The highest BCUT2D eigenvalue weighted by atomic mass is 16.5. The lowest BCUT2D eigenvalue weighted by Gasteiger charge is -2.26. The molecular formula is C21H37N3O. The van der Waals surface area contributed by atoms with Crippen LogP contribution in [-0.2, 0) is 4.74 Å². The first kappa shape index (κ1) is 23.2. The molecule has 0 fully saturated rings. The van der Waals surface area contributed by atoms with E-state index in [-0.39, 0.29) is 6.10 Å². The smallest absolute Gasteiger partial charge is 0.102 e. The summed E-state index contributed by atoms with van der Waals surface area (Å²) in [5, 5.41) is 0. The summed E-state index contributed by atoms with van der Waals surface area (Å²) >= 11 is 0. The van der Waals surface area contributed by atoms with Crippen LogP contribution >= 0.6 is 0 Å². The molecule has 0 bridgehead atoms. The Labute approximate surface area is 154 Å². The number of nitrogens with two attached hydrogens (primary N) is 1. The molecule has 0 aromatic carbocycles. The Bertz CT molecular complexity index is 543. The van der Waals surface area contributed by atoms with Crippen molar-refractivity contribution < 1.29 is 4.74 Å². The minimum atomic E-state index is 0.113. The van der Waals surface area contributed by atoms with Crippen LogP contribution in [0.3, 0.4) is 0 Å². The van der Waals surface area contributed by atoms with Crippen LogP contribution in [0.2, 0.25) is 0 Å². The second-order valence-electron chi connectivity index (χ2n) is 6.43. The molecule has 0 aromatic heterocycles. The van der Waals surface area contributed by atoms with Crippen LogP contribution < -0.4 is 5.73 Å². The normalized spacial score (nSPS) is 16.1. The fourth-order valence-electron chi connectivity index (χ4n) is 2.68. The van der Waals surface area contributed by atoms with E-state index in [1.807, 2.05) is 20.9 Å². The maximum atomic E-state index is 6.45. The Morgan fingerprint density at radius 3 is 2.36 bits per heavy atom. The van der Waals surface area contributed by atoms with Gasteiger partial charge in [-0.3, -0.25) is 4.99 Å². The summed E-state index contributed by atoms with van der Waals surface area (Å²) in [5.41, 5.74) is 10.6. The van der Waals surface area contributed by atoms with Crippen LogP contribution in [0.25, 0.3) is 0 Å². The third-order valence-electron chi connectivity index (χ3n) is 4.81. The van der Waals surface area contributed by atoms with Crippen molar-refractivity contribution in [3.8, 4) is 0 Å². The van der Waals surface area contributed by atoms with Gasteiger partial charge >= 0.3 is 0 Å². The molecule has 0 spiro atoms. The molecule has 0 aromatic rings. The minimum Gasteiger partial charge on any atom is -0.385 e. The first-order valence-electron chi connectivity index (χ1n) is 8.95. The summed E-state index contributed by atoms with van der Waals surface area (Å²) in [5.74, 6) is 1.08. The highest BCUT2D eigenvalue weighted by Crippen LogP contribution is 2.27. The average molecular weight is 348 g/mol. The zero-order chi connectivity index (χ0) is 19.6. The SMILES string of the molecule is C=C/C(N=CC)=C(C)\C(CCC(OC)C(C)C(=C)C)=C(\N)N(C)CC. The van der Waals surface area contributed by atoms with E-state index in [2.05, 4.69) is 43.8 Å². The number of nitrogens with zero attached hydrogens (tertiary/aromatic N) is 2. The topological polar surface area (TPSA) is 50.9 Å². The van der Waals surface area contributed by atoms with Crippen LogP contribution in [0, 0.1) is 5.92 Å². The second kappa shape index (κ2) is 11.7. The van der Waals surface area contributed by atoms with E-state index in [1.54, 1.807) is 19.4 Å². The lowest BCUT2D eigenvalue weighted by Crippen LogP contribution is -2.26. The Hall–Kier alpha value is -1.81. The van der Waals surface area contributed by atoms with Crippen molar-refractivity contribution in [1.29, 1.82) is 0 Å². The molecule has 0 aliphatic heterocycles. The molecule has 0 amide bonds. The Balaban J connectivity index is 5.79. The van der Waals surface area contributed by atoms with Gasteiger partial charge in [0.15, 0.2) is 0 Å². The standard InChI is InChI=1S/C21H37N3O/c1-10-19(23-11-2)17(7)18(21(22)24(8)12-3)13-14-20(25-9)16(6)15(4)5/h10-11,16,20H,1,4,12-14,22H2,2-3,5-9H3/b19-17+,21-18-,23-11?. The third kappa shape index (κ3) is 6.91. The highest BCUT2D eigenvalue weighted by molar-refractivity contribution is 5.57. The van der Waals surface area contributed by atoms with Gasteiger partial charge in [0.05, 0.1) is 11.8 Å². The van der Waals surface area contributed by atoms with Crippen LogP contribution in [0.1, 0.15) is 47.5 Å². The van der Waals surface area contributed by atoms with Crippen LogP contribution in [-0.4, -0.2) is 37.9 Å². The van der Waals surface area contributed by atoms with E-state index in [1.165, 1.54) is 0 Å². The molecule has 0 radical (unpaired) electrons. The van der Waals surface area contributed by atoms with Crippen molar-refractivity contribution in [3.63, 3.8) is 0 Å². The number of rotatable bonds is 11. The predicted molar refractivity (Wildman–Crippen MR) is 111 cm³/mol. The molecule has 25 heavy (non-hydrogen) atoms. The quantitative estimate of drug-likeness (QED) is 0.336. The number of allylic oxidation sites excluding steroid dienone is 3. The molecule has 0 saturated heterocycles. The van der Waals surface area contributed by atoms with Gasteiger partial charge in [-0.05, 0) is 57.8 Å². The molecule has 2 atom stereocenters. The molecule has 0 aliphatic carbocycles. The molecular weight excluding hydrogens is 310 g/mol. The van der Waals surface area contributed by atoms with Gasteiger partial charge in [-0.25, -0.2) is 0 Å². The van der Waals surface area contributed by atoms with Crippen LogP contribution in [0.5, 0.6) is 0 Å². The van der Waals surface area contributed by atoms with Gasteiger partial charge in [0.1, 0.15) is 5.82 Å².